The van der Waals surface area contributed by atoms with Crippen molar-refractivity contribution in [3.63, 3.8) is 0 Å². The molecule has 0 bridgehead atoms. The normalized spacial score (nSPS) is 12.6. The maximum Gasteiger partial charge on any atom is 0.306 e. The van der Waals surface area contributed by atoms with Gasteiger partial charge in [-0.3, -0.25) is 9.59 Å². The van der Waals surface area contributed by atoms with E-state index < -0.39 is 24.3 Å². The van der Waals surface area contributed by atoms with Gasteiger partial charge in [-0.25, -0.2) is 0 Å². The molecule has 464 valence electrons. The fraction of sp³-hybridized carbons (Fsp3) is 0.957. The summed E-state index contributed by atoms with van der Waals surface area (Å²) in [6, 6.07) is 0. The first-order valence-electron chi connectivity index (χ1n) is 34.7. The van der Waals surface area contributed by atoms with E-state index in [9.17, 15) is 19.5 Å². The Morgan fingerprint density at radius 1 is 0.333 bits per heavy atom. The smallest absolute Gasteiger partial charge is 0.306 e. The van der Waals surface area contributed by atoms with Crippen molar-refractivity contribution >= 4 is 17.9 Å². The second kappa shape index (κ2) is 61.4. The molecule has 0 aromatic rings. The number of quaternary nitrogens is 1. The van der Waals surface area contributed by atoms with E-state index in [2.05, 4.69) is 13.8 Å². The highest BCUT2D eigenvalue weighted by molar-refractivity contribution is 5.70. The Labute approximate surface area is 485 Å². The first-order chi connectivity index (χ1) is 38.1. The summed E-state index contributed by atoms with van der Waals surface area (Å²) in [5, 5.41) is 11.8. The predicted molar refractivity (Wildman–Crippen MR) is 330 cm³/mol. The lowest BCUT2D eigenvalue weighted by Crippen LogP contribution is -2.44. The monoisotopic (exact) mass is 1110 g/mol. The SMILES string of the molecule is CCCCCCCCCCCCCCCCCCCCCCCCCCCCCCCCCCCCCC(=O)OC(COC(=O)CCCCCCCCCCCCCCCCCCCC)COC(OCC[N+](C)(C)C)C(=O)[O-]. The van der Waals surface area contributed by atoms with E-state index in [1.165, 1.54) is 302 Å². The zero-order valence-electron chi connectivity index (χ0n) is 53.1. The molecule has 0 radical (unpaired) electrons. The lowest BCUT2D eigenvalue weighted by atomic mass is 10.0. The minimum atomic E-state index is -1.61. The highest BCUT2D eigenvalue weighted by atomic mass is 16.7. The average Bonchev–Trinajstić information content (AvgIpc) is 3.41. The zero-order chi connectivity index (χ0) is 56.9. The lowest BCUT2D eigenvalue weighted by molar-refractivity contribution is -0.870. The molecule has 0 aromatic carbocycles. The molecular weight excluding hydrogens is 971 g/mol. The van der Waals surface area contributed by atoms with E-state index in [4.69, 9.17) is 18.9 Å². The van der Waals surface area contributed by atoms with Crippen LogP contribution in [0, 0.1) is 0 Å². The number of likely N-dealkylation sites (N-methyl/N-ethyl adjacent to an activating group) is 1. The van der Waals surface area contributed by atoms with Gasteiger partial charge in [0.1, 0.15) is 13.2 Å². The van der Waals surface area contributed by atoms with Crippen molar-refractivity contribution in [1.29, 1.82) is 0 Å². The van der Waals surface area contributed by atoms with Gasteiger partial charge < -0.3 is 33.3 Å². The van der Waals surface area contributed by atoms with Crippen LogP contribution in [0.5, 0.6) is 0 Å². The van der Waals surface area contributed by atoms with Gasteiger partial charge in [-0.2, -0.15) is 0 Å². The number of carboxylic acid groups (broad SMARTS) is 1. The van der Waals surface area contributed by atoms with Gasteiger partial charge in [0.25, 0.3) is 0 Å². The summed E-state index contributed by atoms with van der Waals surface area (Å²) in [6.07, 6.45) is 69.1. The average molecular weight is 1110 g/mol. The number of hydrogen-bond acceptors (Lipinski definition) is 8. The molecule has 0 heterocycles. The predicted octanol–water partition coefficient (Wildman–Crippen LogP) is 19.8. The van der Waals surface area contributed by atoms with Crippen molar-refractivity contribution in [3.05, 3.63) is 0 Å². The standard InChI is InChI=1S/C69H135NO8/c1-6-8-10-12-14-16-18-20-22-24-26-27-28-29-30-31-32-33-34-35-36-37-38-39-40-41-42-44-46-48-50-52-54-56-58-60-67(72)78-65(64-77-69(68(73)74)75-62-61-70(3,4)5)63-76-66(71)59-57-55-53-51-49-47-45-43-25-23-21-19-17-15-13-11-9-7-2/h65,69H,6-64H2,1-5H3. The van der Waals surface area contributed by atoms with E-state index in [0.717, 1.165) is 38.5 Å². The number of hydrogen-bond donors (Lipinski definition) is 0. The van der Waals surface area contributed by atoms with Crippen LogP contribution >= 0.6 is 0 Å². The molecule has 0 N–H and O–H groups in total. The molecule has 0 spiro atoms. The Hall–Kier alpha value is -1.71. The second-order valence-corrected chi connectivity index (χ2v) is 25.2. The molecule has 0 aliphatic heterocycles. The molecule has 9 heteroatoms. The molecule has 9 nitrogen and oxygen atoms in total. The maximum absolute atomic E-state index is 12.9. The van der Waals surface area contributed by atoms with Crippen LogP contribution in [0.1, 0.15) is 367 Å². The third-order valence-corrected chi connectivity index (χ3v) is 16.1. The molecule has 0 aromatic heterocycles. The van der Waals surface area contributed by atoms with Crippen molar-refractivity contribution < 1.29 is 42.9 Å². The zero-order valence-corrected chi connectivity index (χ0v) is 53.1. The van der Waals surface area contributed by atoms with E-state index in [1.54, 1.807) is 0 Å². The molecule has 0 amide bonds. The van der Waals surface area contributed by atoms with E-state index in [-0.39, 0.29) is 32.2 Å². The molecule has 0 saturated heterocycles. The lowest BCUT2D eigenvalue weighted by Gasteiger charge is -2.26. The van der Waals surface area contributed by atoms with Crippen LogP contribution < -0.4 is 5.11 Å². The van der Waals surface area contributed by atoms with Crippen LogP contribution in [-0.4, -0.2) is 82.3 Å². The number of aliphatic carboxylic acids is 1. The third-order valence-electron chi connectivity index (χ3n) is 16.1. The topological polar surface area (TPSA) is 111 Å². The van der Waals surface area contributed by atoms with Crippen molar-refractivity contribution in [1.82, 2.24) is 0 Å². The molecule has 2 atom stereocenters. The van der Waals surface area contributed by atoms with Crippen LogP contribution in [0.15, 0.2) is 0 Å². The van der Waals surface area contributed by atoms with Gasteiger partial charge >= 0.3 is 11.9 Å². The van der Waals surface area contributed by atoms with E-state index in [0.29, 0.717) is 17.4 Å². The van der Waals surface area contributed by atoms with Crippen molar-refractivity contribution in [2.45, 2.75) is 379 Å². The summed E-state index contributed by atoms with van der Waals surface area (Å²) in [7, 11) is 5.95. The van der Waals surface area contributed by atoms with Crippen LogP contribution in [0.2, 0.25) is 0 Å². The van der Waals surface area contributed by atoms with Gasteiger partial charge in [-0.1, -0.05) is 341 Å². The second-order valence-electron chi connectivity index (χ2n) is 25.2. The summed E-state index contributed by atoms with van der Waals surface area (Å²) in [4.78, 5) is 37.4. The number of ether oxygens (including phenoxy) is 4. The Bertz CT molecular complexity index is 1240. The molecule has 0 fully saturated rings. The van der Waals surface area contributed by atoms with Crippen LogP contribution in [-0.2, 0) is 33.3 Å². The van der Waals surface area contributed by atoms with Crippen LogP contribution in [0.3, 0.4) is 0 Å². The van der Waals surface area contributed by atoms with Crippen molar-refractivity contribution in [3.8, 4) is 0 Å². The number of rotatable bonds is 66. The third kappa shape index (κ3) is 61.9. The largest absolute Gasteiger partial charge is 0.545 e. The van der Waals surface area contributed by atoms with Crippen LogP contribution in [0.25, 0.3) is 0 Å². The summed E-state index contributed by atoms with van der Waals surface area (Å²) < 4.78 is 22.8. The highest BCUT2D eigenvalue weighted by Gasteiger charge is 2.22. The minimum Gasteiger partial charge on any atom is -0.545 e. The Morgan fingerprint density at radius 3 is 0.821 bits per heavy atom. The summed E-state index contributed by atoms with van der Waals surface area (Å²) in [5.41, 5.74) is 0. The molecular formula is C69H135NO8. The van der Waals surface area contributed by atoms with Crippen molar-refractivity contribution in [2.75, 3.05) is 47.5 Å². The van der Waals surface area contributed by atoms with Gasteiger partial charge in [0.2, 0.25) is 0 Å². The quantitative estimate of drug-likeness (QED) is 0.0256. The summed E-state index contributed by atoms with van der Waals surface area (Å²) >= 11 is 0. The van der Waals surface area contributed by atoms with Gasteiger partial charge in [0, 0.05) is 12.8 Å². The van der Waals surface area contributed by atoms with Gasteiger partial charge in [0.15, 0.2) is 12.4 Å². The first-order valence-corrected chi connectivity index (χ1v) is 34.7. The molecule has 0 aliphatic carbocycles. The number of carbonyl (C=O) groups is 3. The van der Waals surface area contributed by atoms with E-state index in [1.807, 2.05) is 21.1 Å². The van der Waals surface area contributed by atoms with Gasteiger partial charge in [-0.05, 0) is 12.8 Å². The number of carbonyl (C=O) groups excluding carboxylic acids is 3. The molecule has 2 unspecified atom stereocenters. The molecule has 0 rings (SSSR count). The summed E-state index contributed by atoms with van der Waals surface area (Å²) in [5.74, 6) is -2.25. The number of carboxylic acids is 1. The summed E-state index contributed by atoms with van der Waals surface area (Å²) in [6.45, 7) is 4.83. The molecule has 0 saturated carbocycles. The first kappa shape index (κ1) is 76.3. The maximum atomic E-state index is 12.9. The van der Waals surface area contributed by atoms with Gasteiger partial charge in [-0.15, -0.1) is 0 Å². The van der Waals surface area contributed by atoms with E-state index >= 15 is 0 Å². The highest BCUT2D eigenvalue weighted by Crippen LogP contribution is 2.19. The molecule has 0 aliphatic rings. The molecule has 78 heavy (non-hydrogen) atoms. The van der Waals surface area contributed by atoms with Crippen LogP contribution in [0.4, 0.5) is 0 Å². The Kier molecular flexibility index (Phi) is 60.0. The van der Waals surface area contributed by atoms with Crippen molar-refractivity contribution in [2.24, 2.45) is 0 Å². The number of unbranched alkanes of at least 4 members (excludes halogenated alkanes) is 51. The Morgan fingerprint density at radius 2 is 0.577 bits per heavy atom. The fourth-order valence-corrected chi connectivity index (χ4v) is 10.8. The minimum absolute atomic E-state index is 0.154. The fourth-order valence-electron chi connectivity index (χ4n) is 10.8. The Balaban J connectivity index is 3.97. The van der Waals surface area contributed by atoms with Gasteiger partial charge in [0.05, 0.1) is 40.3 Å². The number of nitrogens with zero attached hydrogens (tertiary/aromatic N) is 1. The number of esters is 2.